The summed E-state index contributed by atoms with van der Waals surface area (Å²) in [5, 5.41) is 5.52. The van der Waals surface area contributed by atoms with Gasteiger partial charge in [0.1, 0.15) is 17.3 Å². The number of nitrogens with zero attached hydrogens (tertiary/aromatic N) is 2. The summed E-state index contributed by atoms with van der Waals surface area (Å²) in [6.45, 7) is 4.01. The Morgan fingerprint density at radius 2 is 1.96 bits per heavy atom. The highest BCUT2D eigenvalue weighted by atomic mass is 19.1. The second-order valence-corrected chi connectivity index (χ2v) is 5.93. The smallest absolute Gasteiger partial charge is 0.274 e. The van der Waals surface area contributed by atoms with Crippen LogP contribution >= 0.6 is 0 Å². The van der Waals surface area contributed by atoms with Crippen molar-refractivity contribution in [2.45, 2.75) is 20.3 Å². The lowest BCUT2D eigenvalue weighted by Gasteiger charge is -2.13. The lowest BCUT2D eigenvalue weighted by molar-refractivity contribution is 0.102. The van der Waals surface area contributed by atoms with E-state index in [0.29, 0.717) is 6.07 Å². The SMILES string of the molecule is CCc1cccc(C)c1Nc1nccc(C(=O)Nc2ccc(F)cc2F)n1. The van der Waals surface area contributed by atoms with Crippen molar-refractivity contribution in [1.29, 1.82) is 0 Å². The zero-order valence-corrected chi connectivity index (χ0v) is 14.9. The molecule has 2 aromatic carbocycles. The van der Waals surface area contributed by atoms with Crippen LogP contribution in [0.5, 0.6) is 0 Å². The summed E-state index contributed by atoms with van der Waals surface area (Å²) in [6.07, 6.45) is 2.27. The van der Waals surface area contributed by atoms with E-state index < -0.39 is 17.5 Å². The van der Waals surface area contributed by atoms with Crippen molar-refractivity contribution in [2.75, 3.05) is 10.6 Å². The molecular weight excluding hydrogens is 350 g/mol. The van der Waals surface area contributed by atoms with Crippen molar-refractivity contribution in [3.63, 3.8) is 0 Å². The van der Waals surface area contributed by atoms with Gasteiger partial charge in [-0.25, -0.2) is 18.7 Å². The Morgan fingerprint density at radius 1 is 1.15 bits per heavy atom. The number of aromatic nitrogens is 2. The number of anilines is 3. The summed E-state index contributed by atoms with van der Waals surface area (Å²) in [6, 6.07) is 10.3. The van der Waals surface area contributed by atoms with E-state index in [1.165, 1.54) is 12.3 Å². The Morgan fingerprint density at radius 3 is 2.70 bits per heavy atom. The molecule has 5 nitrogen and oxygen atoms in total. The second-order valence-electron chi connectivity index (χ2n) is 5.93. The molecule has 0 saturated heterocycles. The lowest BCUT2D eigenvalue weighted by Crippen LogP contribution is -2.16. The van der Waals surface area contributed by atoms with E-state index in [4.69, 9.17) is 0 Å². The predicted molar refractivity (Wildman–Crippen MR) is 100 cm³/mol. The van der Waals surface area contributed by atoms with Gasteiger partial charge in [-0.1, -0.05) is 25.1 Å². The highest BCUT2D eigenvalue weighted by Gasteiger charge is 2.13. The van der Waals surface area contributed by atoms with Crippen LogP contribution in [0.2, 0.25) is 0 Å². The van der Waals surface area contributed by atoms with Gasteiger partial charge in [0, 0.05) is 18.0 Å². The number of carbonyl (C=O) groups excluding carboxylic acids is 1. The molecule has 0 radical (unpaired) electrons. The molecule has 2 N–H and O–H groups in total. The Kier molecular flexibility index (Phi) is 5.40. The first-order chi connectivity index (χ1) is 13.0. The van der Waals surface area contributed by atoms with Crippen molar-refractivity contribution >= 4 is 23.2 Å². The van der Waals surface area contributed by atoms with Gasteiger partial charge < -0.3 is 10.6 Å². The van der Waals surface area contributed by atoms with Gasteiger partial charge in [0.05, 0.1) is 5.69 Å². The first kappa shape index (κ1) is 18.4. The van der Waals surface area contributed by atoms with Crippen molar-refractivity contribution < 1.29 is 13.6 Å². The van der Waals surface area contributed by atoms with Gasteiger partial charge in [-0.15, -0.1) is 0 Å². The van der Waals surface area contributed by atoms with Crippen LogP contribution < -0.4 is 10.6 Å². The average Bonchev–Trinajstić information content (AvgIpc) is 2.66. The van der Waals surface area contributed by atoms with Crippen LogP contribution in [0.1, 0.15) is 28.5 Å². The fourth-order valence-corrected chi connectivity index (χ4v) is 2.64. The van der Waals surface area contributed by atoms with E-state index >= 15 is 0 Å². The van der Waals surface area contributed by atoms with Crippen LogP contribution in [0.25, 0.3) is 0 Å². The van der Waals surface area contributed by atoms with Gasteiger partial charge in [-0.3, -0.25) is 4.79 Å². The molecule has 0 aliphatic heterocycles. The molecule has 1 aromatic heterocycles. The van der Waals surface area contributed by atoms with E-state index in [-0.39, 0.29) is 17.3 Å². The number of halogens is 2. The van der Waals surface area contributed by atoms with Crippen LogP contribution in [0, 0.1) is 18.6 Å². The van der Waals surface area contributed by atoms with Crippen LogP contribution in [0.3, 0.4) is 0 Å². The van der Waals surface area contributed by atoms with E-state index in [1.54, 1.807) is 0 Å². The Hall–Kier alpha value is -3.35. The minimum absolute atomic E-state index is 0.0582. The highest BCUT2D eigenvalue weighted by molar-refractivity contribution is 6.03. The van der Waals surface area contributed by atoms with Gasteiger partial charge >= 0.3 is 0 Å². The Balaban J connectivity index is 1.82. The summed E-state index contributed by atoms with van der Waals surface area (Å²) in [7, 11) is 0. The third-order valence-electron chi connectivity index (χ3n) is 4.04. The fraction of sp³-hybridized carbons (Fsp3) is 0.150. The third kappa shape index (κ3) is 4.25. The van der Waals surface area contributed by atoms with Crippen molar-refractivity contribution in [1.82, 2.24) is 9.97 Å². The van der Waals surface area contributed by atoms with Crippen molar-refractivity contribution in [3.05, 3.63) is 77.1 Å². The molecule has 1 heterocycles. The molecule has 0 spiro atoms. The summed E-state index contributed by atoms with van der Waals surface area (Å²) in [5.74, 6) is -1.94. The van der Waals surface area contributed by atoms with Gasteiger partial charge in [0.25, 0.3) is 5.91 Å². The largest absolute Gasteiger partial charge is 0.324 e. The Labute approximate surface area is 155 Å². The molecule has 0 bridgehead atoms. The normalized spacial score (nSPS) is 10.5. The molecule has 0 aliphatic carbocycles. The first-order valence-corrected chi connectivity index (χ1v) is 8.43. The van der Waals surface area contributed by atoms with Crippen LogP contribution in [0.15, 0.2) is 48.7 Å². The van der Waals surface area contributed by atoms with E-state index in [1.807, 2.05) is 32.0 Å². The zero-order valence-electron chi connectivity index (χ0n) is 14.9. The maximum absolute atomic E-state index is 13.7. The number of hydrogen-bond acceptors (Lipinski definition) is 4. The van der Waals surface area contributed by atoms with Crippen LogP contribution in [0.4, 0.5) is 26.1 Å². The van der Waals surface area contributed by atoms with Crippen LogP contribution in [-0.4, -0.2) is 15.9 Å². The molecule has 3 aromatic rings. The van der Waals surface area contributed by atoms with E-state index in [9.17, 15) is 13.6 Å². The van der Waals surface area contributed by atoms with Gasteiger partial charge in [-0.05, 0) is 42.7 Å². The molecule has 1 amide bonds. The number of hydrogen-bond donors (Lipinski definition) is 2. The maximum atomic E-state index is 13.7. The molecule has 27 heavy (non-hydrogen) atoms. The molecule has 0 atom stereocenters. The molecular formula is C20H18F2N4O. The summed E-state index contributed by atoms with van der Waals surface area (Å²) < 4.78 is 26.7. The standard InChI is InChI=1S/C20H18F2N4O/c1-3-13-6-4-5-12(2)18(13)26-20-23-10-9-17(25-20)19(27)24-16-8-7-14(21)11-15(16)22/h4-11H,3H2,1-2H3,(H,24,27)(H,23,25,26). The van der Waals surface area contributed by atoms with Crippen molar-refractivity contribution in [3.8, 4) is 0 Å². The minimum Gasteiger partial charge on any atom is -0.324 e. The van der Waals surface area contributed by atoms with Gasteiger partial charge in [0.2, 0.25) is 5.95 Å². The number of benzene rings is 2. The number of para-hydroxylation sites is 1. The first-order valence-electron chi connectivity index (χ1n) is 8.43. The zero-order chi connectivity index (χ0) is 19.4. The highest BCUT2D eigenvalue weighted by Crippen LogP contribution is 2.24. The fourth-order valence-electron chi connectivity index (χ4n) is 2.64. The lowest BCUT2D eigenvalue weighted by atomic mass is 10.1. The molecule has 0 fully saturated rings. The van der Waals surface area contributed by atoms with Crippen molar-refractivity contribution in [2.24, 2.45) is 0 Å². The predicted octanol–water partition coefficient (Wildman–Crippen LogP) is 4.62. The summed E-state index contributed by atoms with van der Waals surface area (Å²) in [4.78, 5) is 20.7. The number of nitrogens with one attached hydrogen (secondary N) is 2. The molecule has 7 heteroatoms. The summed E-state index contributed by atoms with van der Waals surface area (Å²) >= 11 is 0. The Bertz CT molecular complexity index is 991. The monoisotopic (exact) mass is 368 g/mol. The van der Waals surface area contributed by atoms with Crippen LogP contribution in [-0.2, 0) is 6.42 Å². The number of carbonyl (C=O) groups is 1. The van der Waals surface area contributed by atoms with E-state index in [0.717, 1.165) is 35.4 Å². The molecule has 0 saturated carbocycles. The quantitative estimate of drug-likeness (QED) is 0.689. The minimum atomic E-state index is -0.858. The molecule has 3 rings (SSSR count). The second kappa shape index (κ2) is 7.90. The molecule has 138 valence electrons. The number of aryl methyl sites for hydroxylation is 2. The topological polar surface area (TPSA) is 66.9 Å². The van der Waals surface area contributed by atoms with Gasteiger partial charge in [0.15, 0.2) is 0 Å². The molecule has 0 unspecified atom stereocenters. The number of amides is 1. The number of rotatable bonds is 5. The average molecular weight is 368 g/mol. The summed E-state index contributed by atoms with van der Waals surface area (Å²) in [5.41, 5.74) is 2.95. The molecule has 0 aliphatic rings. The van der Waals surface area contributed by atoms with Gasteiger partial charge in [-0.2, -0.15) is 0 Å². The maximum Gasteiger partial charge on any atom is 0.274 e. The third-order valence-corrected chi connectivity index (χ3v) is 4.04. The van der Waals surface area contributed by atoms with E-state index in [2.05, 4.69) is 20.6 Å².